The van der Waals surface area contributed by atoms with Crippen LogP contribution in [0.4, 0.5) is 0 Å². The van der Waals surface area contributed by atoms with Crippen LogP contribution in [0.1, 0.15) is 42.4 Å². The molecular formula is C12H16N2. The molecule has 2 nitrogen and oxygen atoms in total. The molecule has 0 radical (unpaired) electrons. The van der Waals surface area contributed by atoms with Crippen molar-refractivity contribution >= 4 is 0 Å². The highest BCUT2D eigenvalue weighted by Crippen LogP contribution is 2.45. The summed E-state index contributed by atoms with van der Waals surface area (Å²) in [7, 11) is 0. The third kappa shape index (κ3) is 1.17. The summed E-state index contributed by atoms with van der Waals surface area (Å²) < 4.78 is 0. The Kier molecular flexibility index (Phi) is 1.68. The lowest BCUT2D eigenvalue weighted by Crippen LogP contribution is -2.23. The molecule has 1 fully saturated rings. The van der Waals surface area contributed by atoms with Gasteiger partial charge in [-0.15, -0.1) is 0 Å². The van der Waals surface area contributed by atoms with E-state index in [0.29, 0.717) is 0 Å². The monoisotopic (exact) mass is 188 g/mol. The van der Waals surface area contributed by atoms with E-state index in [1.165, 1.54) is 42.4 Å². The SMILES string of the molecule is NC1(c2cncc3c2CCCC3)CC1. The zero-order valence-electron chi connectivity index (χ0n) is 8.42. The molecule has 1 aromatic heterocycles. The minimum Gasteiger partial charge on any atom is -0.321 e. The Labute approximate surface area is 84.5 Å². The predicted molar refractivity (Wildman–Crippen MR) is 56.0 cm³/mol. The van der Waals surface area contributed by atoms with Crippen molar-refractivity contribution < 1.29 is 0 Å². The number of nitrogens with zero attached hydrogens (tertiary/aromatic N) is 1. The minimum atomic E-state index is -0.00428. The van der Waals surface area contributed by atoms with Crippen molar-refractivity contribution in [3.8, 4) is 0 Å². The van der Waals surface area contributed by atoms with Crippen LogP contribution >= 0.6 is 0 Å². The topological polar surface area (TPSA) is 38.9 Å². The fourth-order valence-electron chi connectivity index (χ4n) is 2.49. The van der Waals surface area contributed by atoms with Gasteiger partial charge in [0.2, 0.25) is 0 Å². The Morgan fingerprint density at radius 1 is 1.14 bits per heavy atom. The van der Waals surface area contributed by atoms with Crippen molar-refractivity contribution in [1.29, 1.82) is 0 Å². The zero-order valence-corrected chi connectivity index (χ0v) is 8.42. The summed E-state index contributed by atoms with van der Waals surface area (Å²) in [5.41, 5.74) is 10.6. The molecule has 2 heteroatoms. The van der Waals surface area contributed by atoms with E-state index in [0.717, 1.165) is 12.8 Å². The van der Waals surface area contributed by atoms with E-state index < -0.39 is 0 Å². The van der Waals surface area contributed by atoms with E-state index in [1.807, 2.05) is 12.4 Å². The first kappa shape index (κ1) is 8.42. The van der Waals surface area contributed by atoms with Gasteiger partial charge in [0.15, 0.2) is 0 Å². The molecule has 14 heavy (non-hydrogen) atoms. The Morgan fingerprint density at radius 3 is 2.71 bits per heavy atom. The summed E-state index contributed by atoms with van der Waals surface area (Å²) in [6.45, 7) is 0. The number of hydrogen-bond acceptors (Lipinski definition) is 2. The lowest BCUT2D eigenvalue weighted by atomic mass is 9.87. The van der Waals surface area contributed by atoms with E-state index in [4.69, 9.17) is 5.73 Å². The molecule has 0 atom stereocenters. The third-order valence-electron chi connectivity index (χ3n) is 3.59. The van der Waals surface area contributed by atoms with Gasteiger partial charge in [-0.1, -0.05) is 0 Å². The maximum atomic E-state index is 6.25. The molecule has 2 aliphatic carbocycles. The van der Waals surface area contributed by atoms with Gasteiger partial charge >= 0.3 is 0 Å². The van der Waals surface area contributed by atoms with Crippen LogP contribution in [0.2, 0.25) is 0 Å². The summed E-state index contributed by atoms with van der Waals surface area (Å²) >= 11 is 0. The highest BCUT2D eigenvalue weighted by molar-refractivity contribution is 5.41. The molecule has 2 N–H and O–H groups in total. The van der Waals surface area contributed by atoms with E-state index in [9.17, 15) is 0 Å². The first-order chi connectivity index (χ1) is 6.80. The van der Waals surface area contributed by atoms with Gasteiger partial charge < -0.3 is 5.73 Å². The molecule has 3 rings (SSSR count). The van der Waals surface area contributed by atoms with Gasteiger partial charge in [-0.05, 0) is 55.2 Å². The zero-order chi connectivity index (χ0) is 9.60. The average molecular weight is 188 g/mol. The highest BCUT2D eigenvalue weighted by atomic mass is 14.8. The number of fused-ring (bicyclic) bond motifs is 1. The van der Waals surface area contributed by atoms with Crippen molar-refractivity contribution in [3.05, 3.63) is 29.1 Å². The smallest absolute Gasteiger partial charge is 0.0429 e. The fourth-order valence-corrected chi connectivity index (χ4v) is 2.49. The average Bonchev–Trinajstić information content (AvgIpc) is 2.97. The van der Waals surface area contributed by atoms with Gasteiger partial charge in [0.25, 0.3) is 0 Å². The van der Waals surface area contributed by atoms with Gasteiger partial charge in [-0.25, -0.2) is 0 Å². The first-order valence-electron chi connectivity index (χ1n) is 5.55. The molecular weight excluding hydrogens is 172 g/mol. The number of pyridine rings is 1. The molecule has 0 aliphatic heterocycles. The second-order valence-corrected chi connectivity index (χ2v) is 4.69. The van der Waals surface area contributed by atoms with Crippen LogP contribution in [0.25, 0.3) is 0 Å². The van der Waals surface area contributed by atoms with E-state index >= 15 is 0 Å². The third-order valence-corrected chi connectivity index (χ3v) is 3.59. The molecule has 0 bridgehead atoms. The molecule has 1 heterocycles. The van der Waals surface area contributed by atoms with Crippen LogP contribution < -0.4 is 5.73 Å². The minimum absolute atomic E-state index is 0.00428. The lowest BCUT2D eigenvalue weighted by Gasteiger charge is -2.21. The molecule has 1 saturated carbocycles. The number of nitrogens with two attached hydrogens (primary N) is 1. The van der Waals surface area contributed by atoms with Crippen molar-refractivity contribution in [2.75, 3.05) is 0 Å². The second-order valence-electron chi connectivity index (χ2n) is 4.69. The second kappa shape index (κ2) is 2.80. The van der Waals surface area contributed by atoms with Crippen LogP contribution in [0.3, 0.4) is 0 Å². The molecule has 0 amide bonds. The van der Waals surface area contributed by atoms with Gasteiger partial charge in [0.1, 0.15) is 0 Å². The summed E-state index contributed by atoms with van der Waals surface area (Å²) in [6, 6.07) is 0. The maximum Gasteiger partial charge on any atom is 0.0429 e. The Bertz CT molecular complexity index is 367. The van der Waals surface area contributed by atoms with Gasteiger partial charge in [-0.2, -0.15) is 0 Å². The van der Waals surface area contributed by atoms with Crippen LogP contribution in [0.15, 0.2) is 12.4 Å². The van der Waals surface area contributed by atoms with Gasteiger partial charge in [0.05, 0.1) is 0 Å². The Balaban J connectivity index is 2.11. The molecule has 0 unspecified atom stereocenters. The molecule has 74 valence electrons. The Morgan fingerprint density at radius 2 is 1.93 bits per heavy atom. The highest BCUT2D eigenvalue weighted by Gasteiger charge is 2.42. The lowest BCUT2D eigenvalue weighted by molar-refractivity contribution is 0.645. The Hall–Kier alpha value is -0.890. The van der Waals surface area contributed by atoms with Gasteiger partial charge in [-0.3, -0.25) is 4.98 Å². The van der Waals surface area contributed by atoms with E-state index in [1.54, 1.807) is 0 Å². The summed E-state index contributed by atoms with van der Waals surface area (Å²) in [6.07, 6.45) is 11.4. The maximum absolute atomic E-state index is 6.25. The number of hydrogen-bond donors (Lipinski definition) is 1. The number of rotatable bonds is 1. The van der Waals surface area contributed by atoms with Crippen molar-refractivity contribution in [2.24, 2.45) is 5.73 Å². The normalized spacial score (nSPS) is 22.9. The molecule has 1 aromatic rings. The fraction of sp³-hybridized carbons (Fsp3) is 0.583. The summed E-state index contributed by atoms with van der Waals surface area (Å²) in [5.74, 6) is 0. The van der Waals surface area contributed by atoms with Crippen LogP contribution in [0, 0.1) is 0 Å². The van der Waals surface area contributed by atoms with Crippen LogP contribution in [0.5, 0.6) is 0 Å². The van der Waals surface area contributed by atoms with Crippen LogP contribution in [-0.4, -0.2) is 4.98 Å². The van der Waals surface area contributed by atoms with E-state index in [2.05, 4.69) is 4.98 Å². The predicted octanol–water partition coefficient (Wildman–Crippen LogP) is 1.91. The van der Waals surface area contributed by atoms with Gasteiger partial charge in [0, 0.05) is 17.9 Å². The van der Waals surface area contributed by atoms with Crippen molar-refractivity contribution in [2.45, 2.75) is 44.1 Å². The van der Waals surface area contributed by atoms with Crippen molar-refractivity contribution in [3.63, 3.8) is 0 Å². The summed E-state index contributed by atoms with van der Waals surface area (Å²) in [4.78, 5) is 4.32. The standard InChI is InChI=1S/C12H16N2/c13-12(5-6-12)11-8-14-7-9-3-1-2-4-10(9)11/h7-8H,1-6,13H2. The quantitative estimate of drug-likeness (QED) is 0.731. The summed E-state index contributed by atoms with van der Waals surface area (Å²) in [5, 5.41) is 0. The van der Waals surface area contributed by atoms with E-state index in [-0.39, 0.29) is 5.54 Å². The largest absolute Gasteiger partial charge is 0.321 e. The van der Waals surface area contributed by atoms with Crippen molar-refractivity contribution in [1.82, 2.24) is 4.98 Å². The molecule has 0 saturated heterocycles. The molecule has 0 aromatic carbocycles. The number of aromatic nitrogens is 1. The molecule has 0 spiro atoms. The van der Waals surface area contributed by atoms with Crippen LogP contribution in [-0.2, 0) is 18.4 Å². The first-order valence-corrected chi connectivity index (χ1v) is 5.55. The number of aryl methyl sites for hydroxylation is 1. The molecule has 2 aliphatic rings.